The summed E-state index contributed by atoms with van der Waals surface area (Å²) in [5.41, 5.74) is 15.6. The average molecular weight is 449 g/mol. The van der Waals surface area contributed by atoms with E-state index in [9.17, 15) is 9.90 Å². The Morgan fingerprint density at radius 2 is 2.13 bits per heavy atom. The van der Waals surface area contributed by atoms with Crippen molar-refractivity contribution in [2.24, 2.45) is 11.0 Å². The van der Waals surface area contributed by atoms with Crippen LogP contribution in [0.5, 0.6) is 0 Å². The number of nitrogens with zero attached hydrogens (tertiary/aromatic N) is 7. The maximum absolute atomic E-state index is 11.7. The van der Waals surface area contributed by atoms with Gasteiger partial charge in [0.2, 0.25) is 0 Å². The second-order valence-corrected chi connectivity index (χ2v) is 13.9. The van der Waals surface area contributed by atoms with E-state index in [0.717, 1.165) is 0 Å². The number of carboxylic acid groups (broad SMARTS) is 1. The van der Waals surface area contributed by atoms with Crippen LogP contribution in [0.2, 0.25) is 18.1 Å². The van der Waals surface area contributed by atoms with Gasteiger partial charge in [-0.2, -0.15) is 0 Å². The van der Waals surface area contributed by atoms with Crippen molar-refractivity contribution in [3.8, 4) is 0 Å². The van der Waals surface area contributed by atoms with E-state index in [1.54, 1.807) is 4.57 Å². The van der Waals surface area contributed by atoms with Crippen LogP contribution in [0, 0.1) is 5.92 Å². The fraction of sp³-hybridized carbons (Fsp3) is 0.667. The summed E-state index contributed by atoms with van der Waals surface area (Å²) in [6, 6.07) is 0. The third-order valence-corrected chi connectivity index (χ3v) is 10.6. The lowest BCUT2D eigenvalue weighted by Crippen LogP contribution is -2.47. The van der Waals surface area contributed by atoms with Gasteiger partial charge in [-0.3, -0.25) is 9.36 Å². The van der Waals surface area contributed by atoms with Crippen LogP contribution in [0.25, 0.3) is 21.6 Å². The highest BCUT2D eigenvalue weighted by molar-refractivity contribution is 6.74. The number of nitrogens with two attached hydrogens (primary N) is 1. The summed E-state index contributed by atoms with van der Waals surface area (Å²) in [6.07, 6.45) is 0.728. The summed E-state index contributed by atoms with van der Waals surface area (Å²) in [6.45, 7) is 10.5. The maximum Gasteiger partial charge on any atom is 0.303 e. The molecule has 0 unspecified atom stereocenters. The van der Waals surface area contributed by atoms with Gasteiger partial charge in [0, 0.05) is 10.8 Å². The van der Waals surface area contributed by atoms with Crippen molar-refractivity contribution in [1.82, 2.24) is 19.5 Å². The van der Waals surface area contributed by atoms with E-state index in [-0.39, 0.29) is 23.8 Å². The highest BCUT2D eigenvalue weighted by atomic mass is 28.4. The molecule has 2 aromatic rings. The van der Waals surface area contributed by atoms with Crippen LogP contribution in [0.1, 0.15) is 33.4 Å². The Labute approximate surface area is 180 Å². The van der Waals surface area contributed by atoms with E-state index in [0.29, 0.717) is 11.2 Å². The molecule has 4 atom stereocenters. The van der Waals surface area contributed by atoms with Gasteiger partial charge in [-0.25, -0.2) is 15.0 Å². The number of carboxylic acids is 1. The van der Waals surface area contributed by atoms with E-state index in [2.05, 4.69) is 58.8 Å². The van der Waals surface area contributed by atoms with E-state index in [1.807, 2.05) is 0 Å². The standard InChI is InChI=1S/C18H28N8O4Si/c1-18(2,3)31(4,5)30-14-10(6-12(27)28)11(7-24-25-20)29-17(14)26-9-23-13-15(19)21-8-22-16(13)26/h8-11,14,17H,6-7H2,1-5H3,(H,27,28)(H2,19,21,22)/t10-,11-,14-,17-/m1/s1. The molecule has 0 amide bonds. The Bertz CT molecular complexity index is 1010. The summed E-state index contributed by atoms with van der Waals surface area (Å²) in [7, 11) is -2.32. The first kappa shape index (κ1) is 22.9. The predicted octanol–water partition coefficient (Wildman–Crippen LogP) is 3.10. The molecule has 2 aromatic heterocycles. The molecule has 3 N–H and O–H groups in total. The van der Waals surface area contributed by atoms with Crippen LogP contribution in [0.15, 0.2) is 17.8 Å². The molecule has 1 aliphatic rings. The smallest absolute Gasteiger partial charge is 0.303 e. The number of aliphatic carboxylic acids is 1. The van der Waals surface area contributed by atoms with Crippen LogP contribution < -0.4 is 5.73 Å². The summed E-state index contributed by atoms with van der Waals surface area (Å²) >= 11 is 0. The normalized spacial score (nSPS) is 24.3. The number of nitrogen functional groups attached to an aromatic ring is 1. The van der Waals surface area contributed by atoms with Crippen molar-refractivity contribution in [1.29, 1.82) is 0 Å². The zero-order valence-corrected chi connectivity index (χ0v) is 19.3. The van der Waals surface area contributed by atoms with Gasteiger partial charge in [0.15, 0.2) is 26.0 Å². The Morgan fingerprint density at radius 1 is 1.42 bits per heavy atom. The highest BCUT2D eigenvalue weighted by Crippen LogP contribution is 2.45. The van der Waals surface area contributed by atoms with Gasteiger partial charge in [-0.1, -0.05) is 25.9 Å². The van der Waals surface area contributed by atoms with Gasteiger partial charge in [-0.15, -0.1) is 0 Å². The lowest BCUT2D eigenvalue weighted by Gasteiger charge is -2.40. The van der Waals surface area contributed by atoms with Gasteiger partial charge >= 0.3 is 5.97 Å². The average Bonchev–Trinajstić information content (AvgIpc) is 3.22. The quantitative estimate of drug-likeness (QED) is 0.281. The van der Waals surface area contributed by atoms with Crippen molar-refractivity contribution in [2.45, 2.75) is 63.8 Å². The molecule has 0 aromatic carbocycles. The van der Waals surface area contributed by atoms with E-state index in [4.69, 9.17) is 20.4 Å². The minimum absolute atomic E-state index is 0.00788. The SMILES string of the molecule is CC(C)(C)[Si](C)(C)O[C@@H]1[C@H](CC(=O)O)[C@@H](CN=[N+]=[N-])O[C@H]1n1cnc2c(N)ncnc21. The molecule has 3 rings (SSSR count). The second kappa shape index (κ2) is 8.42. The Hall–Kier alpha value is -2.73. The number of azide groups is 1. The monoisotopic (exact) mass is 448 g/mol. The number of aromatic nitrogens is 4. The Balaban J connectivity index is 2.10. The van der Waals surface area contributed by atoms with Crippen molar-refractivity contribution < 1.29 is 19.1 Å². The zero-order chi connectivity index (χ0) is 23.0. The second-order valence-electron chi connectivity index (χ2n) is 9.17. The lowest BCUT2D eigenvalue weighted by molar-refractivity contribution is -0.139. The predicted molar refractivity (Wildman–Crippen MR) is 115 cm³/mol. The van der Waals surface area contributed by atoms with Crippen LogP contribution in [-0.2, 0) is 14.0 Å². The van der Waals surface area contributed by atoms with Crippen LogP contribution in [-0.4, -0.2) is 57.7 Å². The van der Waals surface area contributed by atoms with E-state index < -0.39 is 38.6 Å². The lowest BCUT2D eigenvalue weighted by atomic mass is 9.94. The van der Waals surface area contributed by atoms with Gasteiger partial charge < -0.3 is 20.0 Å². The van der Waals surface area contributed by atoms with Crippen molar-refractivity contribution in [3.63, 3.8) is 0 Å². The number of imidazole rings is 1. The summed E-state index contributed by atoms with van der Waals surface area (Å²) < 4.78 is 14.6. The minimum atomic E-state index is -2.32. The summed E-state index contributed by atoms with van der Waals surface area (Å²) in [5.74, 6) is -1.28. The minimum Gasteiger partial charge on any atom is -0.481 e. The molecule has 0 radical (unpaired) electrons. The Morgan fingerprint density at radius 3 is 2.74 bits per heavy atom. The van der Waals surface area contributed by atoms with Crippen LogP contribution in [0.3, 0.4) is 0 Å². The highest BCUT2D eigenvalue weighted by Gasteiger charge is 2.51. The molecule has 31 heavy (non-hydrogen) atoms. The first-order valence-corrected chi connectivity index (χ1v) is 12.9. The van der Waals surface area contributed by atoms with Gasteiger partial charge in [0.05, 0.1) is 31.5 Å². The molecule has 0 spiro atoms. The molecule has 13 heteroatoms. The fourth-order valence-electron chi connectivity index (χ4n) is 3.47. The van der Waals surface area contributed by atoms with Crippen molar-refractivity contribution >= 4 is 31.3 Å². The van der Waals surface area contributed by atoms with Crippen molar-refractivity contribution in [2.75, 3.05) is 12.3 Å². The van der Waals surface area contributed by atoms with Crippen LogP contribution >= 0.6 is 0 Å². The van der Waals surface area contributed by atoms with Gasteiger partial charge in [0.25, 0.3) is 0 Å². The maximum atomic E-state index is 11.7. The third-order valence-electron chi connectivity index (χ3n) is 6.13. The molecule has 1 fully saturated rings. The molecule has 1 saturated heterocycles. The number of anilines is 1. The summed E-state index contributed by atoms with van der Waals surface area (Å²) in [5, 5.41) is 13.1. The number of rotatable bonds is 7. The first-order chi connectivity index (χ1) is 14.5. The number of fused-ring (bicyclic) bond motifs is 1. The fourth-order valence-corrected chi connectivity index (χ4v) is 4.79. The molecule has 0 aliphatic carbocycles. The molecule has 168 valence electrons. The number of ether oxygens (including phenoxy) is 1. The van der Waals surface area contributed by atoms with E-state index >= 15 is 0 Å². The van der Waals surface area contributed by atoms with Crippen molar-refractivity contribution in [3.05, 3.63) is 23.1 Å². The number of hydrogen-bond acceptors (Lipinski definition) is 8. The number of carbonyl (C=O) groups is 1. The molecule has 0 saturated carbocycles. The van der Waals surface area contributed by atoms with Gasteiger partial charge in [-0.05, 0) is 23.7 Å². The Kier molecular flexibility index (Phi) is 6.23. The van der Waals surface area contributed by atoms with Gasteiger partial charge in [0.1, 0.15) is 11.8 Å². The van der Waals surface area contributed by atoms with E-state index in [1.165, 1.54) is 12.7 Å². The number of hydrogen-bond donors (Lipinski definition) is 2. The third kappa shape index (κ3) is 4.49. The summed E-state index contributed by atoms with van der Waals surface area (Å²) in [4.78, 5) is 27.0. The molecule has 3 heterocycles. The molecular formula is C18H28N8O4Si. The first-order valence-electron chi connectivity index (χ1n) is 9.95. The molecular weight excluding hydrogens is 420 g/mol. The molecule has 12 nitrogen and oxygen atoms in total. The molecule has 0 bridgehead atoms. The topological polar surface area (TPSA) is 174 Å². The zero-order valence-electron chi connectivity index (χ0n) is 18.3. The molecule has 1 aliphatic heterocycles. The van der Waals surface area contributed by atoms with Crippen LogP contribution in [0.4, 0.5) is 5.82 Å². The largest absolute Gasteiger partial charge is 0.481 e.